The van der Waals surface area contributed by atoms with E-state index in [4.69, 9.17) is 4.98 Å². The Labute approximate surface area is 221 Å². The van der Waals surface area contributed by atoms with E-state index in [0.717, 1.165) is 32.1 Å². The van der Waals surface area contributed by atoms with E-state index in [1.165, 1.54) is 35.9 Å². The van der Waals surface area contributed by atoms with E-state index in [1.54, 1.807) is 34.4 Å². The first-order valence-electron chi connectivity index (χ1n) is 12.3. The Bertz CT molecular complexity index is 1690. The van der Waals surface area contributed by atoms with Crippen LogP contribution in [0.5, 0.6) is 0 Å². The molecule has 0 unspecified atom stereocenters. The van der Waals surface area contributed by atoms with Gasteiger partial charge in [-0.25, -0.2) is 9.37 Å². The molecule has 0 bridgehead atoms. The van der Waals surface area contributed by atoms with Crippen molar-refractivity contribution in [2.75, 3.05) is 26.2 Å². The van der Waals surface area contributed by atoms with E-state index < -0.39 is 4.92 Å². The van der Waals surface area contributed by atoms with Crippen molar-refractivity contribution in [1.29, 1.82) is 0 Å². The number of benzene rings is 3. The summed E-state index contributed by atoms with van der Waals surface area (Å²) in [7, 11) is 0. The second-order valence-electron chi connectivity index (χ2n) is 9.48. The van der Waals surface area contributed by atoms with E-state index in [-0.39, 0.29) is 17.4 Å². The van der Waals surface area contributed by atoms with E-state index in [2.05, 4.69) is 34.4 Å². The van der Waals surface area contributed by atoms with Crippen molar-refractivity contribution < 1.29 is 14.1 Å². The number of imidazole rings is 1. The molecule has 1 aliphatic rings. The Balaban J connectivity index is 1.28. The van der Waals surface area contributed by atoms with Gasteiger partial charge in [0.25, 0.3) is 11.6 Å². The highest BCUT2D eigenvalue weighted by Crippen LogP contribution is 2.34. The summed E-state index contributed by atoms with van der Waals surface area (Å²) in [6, 6.07) is 18.6. The first kappa shape index (κ1) is 24.2. The minimum Gasteiger partial charge on any atom is -0.336 e. The molecule has 192 valence electrons. The number of amides is 1. The molecule has 8 nitrogen and oxygen atoms in total. The van der Waals surface area contributed by atoms with Crippen molar-refractivity contribution in [3.05, 3.63) is 99.5 Å². The Morgan fingerprint density at radius 2 is 1.82 bits per heavy atom. The zero-order valence-corrected chi connectivity index (χ0v) is 21.4. The summed E-state index contributed by atoms with van der Waals surface area (Å²) in [6.45, 7) is 5.02. The van der Waals surface area contributed by atoms with Gasteiger partial charge in [-0.2, -0.15) is 0 Å². The number of halogens is 1. The summed E-state index contributed by atoms with van der Waals surface area (Å²) < 4.78 is 17.0. The van der Waals surface area contributed by atoms with Crippen LogP contribution in [0.4, 0.5) is 10.1 Å². The number of nitro benzene ring substituents is 1. The van der Waals surface area contributed by atoms with Crippen molar-refractivity contribution >= 4 is 38.1 Å². The van der Waals surface area contributed by atoms with Gasteiger partial charge >= 0.3 is 0 Å². The zero-order valence-electron chi connectivity index (χ0n) is 20.6. The summed E-state index contributed by atoms with van der Waals surface area (Å²) in [4.78, 5) is 33.5. The SMILES string of the molecule is Cc1ccc2c(c1)sc1nc(-c3ccc(F)cc3)c(CN3CCN(C(=O)c4cccc([N+](=O)[O-])c4)CC3)n12. The fourth-order valence-corrected chi connectivity index (χ4v) is 6.12. The fourth-order valence-electron chi connectivity index (χ4n) is 4.98. The molecule has 0 atom stereocenters. The molecule has 5 aromatic rings. The second kappa shape index (κ2) is 9.62. The molecule has 1 saturated heterocycles. The topological polar surface area (TPSA) is 84.0 Å². The van der Waals surface area contributed by atoms with Crippen molar-refractivity contribution in [2.45, 2.75) is 13.5 Å². The molecule has 10 heteroatoms. The molecule has 1 amide bonds. The average Bonchev–Trinajstić information content (AvgIpc) is 3.45. The van der Waals surface area contributed by atoms with Gasteiger partial charge in [-0.1, -0.05) is 23.5 Å². The monoisotopic (exact) mass is 529 g/mol. The Morgan fingerprint density at radius 3 is 2.55 bits per heavy atom. The number of non-ortho nitro benzene ring substituents is 1. The smallest absolute Gasteiger partial charge is 0.270 e. The molecule has 0 radical (unpaired) electrons. The molecule has 1 aliphatic heterocycles. The van der Waals surface area contributed by atoms with Gasteiger partial charge in [-0.05, 0) is 55.0 Å². The maximum Gasteiger partial charge on any atom is 0.270 e. The highest BCUT2D eigenvalue weighted by Gasteiger charge is 2.26. The Morgan fingerprint density at radius 1 is 1.05 bits per heavy atom. The molecule has 0 spiro atoms. The summed E-state index contributed by atoms with van der Waals surface area (Å²) in [6.07, 6.45) is 0. The number of carbonyl (C=O) groups excluding carboxylic acids is 1. The number of thiazole rings is 1. The third-order valence-corrected chi connectivity index (χ3v) is 7.96. The number of carbonyl (C=O) groups is 1. The van der Waals surface area contributed by atoms with E-state index in [9.17, 15) is 19.3 Å². The zero-order chi connectivity index (χ0) is 26.4. The number of aryl methyl sites for hydroxylation is 1. The van der Waals surface area contributed by atoms with Crippen LogP contribution in [0.15, 0.2) is 66.7 Å². The highest BCUT2D eigenvalue weighted by atomic mass is 32.1. The largest absolute Gasteiger partial charge is 0.336 e. The molecule has 2 aromatic heterocycles. The molecule has 0 N–H and O–H groups in total. The summed E-state index contributed by atoms with van der Waals surface area (Å²) >= 11 is 1.63. The minimum absolute atomic E-state index is 0.0919. The predicted octanol–water partition coefficient (Wildman–Crippen LogP) is 5.53. The molecular weight excluding hydrogens is 505 g/mol. The van der Waals surface area contributed by atoms with Crippen LogP contribution in [-0.4, -0.2) is 56.2 Å². The lowest BCUT2D eigenvalue weighted by atomic mass is 10.1. The number of nitrogens with zero attached hydrogens (tertiary/aromatic N) is 5. The van der Waals surface area contributed by atoms with Crippen LogP contribution in [0.3, 0.4) is 0 Å². The van der Waals surface area contributed by atoms with E-state index in [1.807, 2.05) is 0 Å². The third kappa shape index (κ3) is 4.42. The number of rotatable bonds is 5. The van der Waals surface area contributed by atoms with Crippen LogP contribution in [0, 0.1) is 22.9 Å². The van der Waals surface area contributed by atoms with Gasteiger partial charge in [-0.3, -0.25) is 24.2 Å². The van der Waals surface area contributed by atoms with Gasteiger partial charge in [0.05, 0.1) is 26.5 Å². The van der Waals surface area contributed by atoms with Crippen LogP contribution < -0.4 is 0 Å². The van der Waals surface area contributed by atoms with Crippen molar-refractivity contribution in [3.63, 3.8) is 0 Å². The molecule has 1 fully saturated rings. The standard InChI is InChI=1S/C28H24FN5O3S/c1-18-5-10-23-25(15-18)38-28-30-26(19-6-8-21(29)9-7-19)24(33(23)28)17-31-11-13-32(14-12-31)27(35)20-3-2-4-22(16-20)34(36)37/h2-10,15-16H,11-14,17H2,1H3. The van der Waals surface area contributed by atoms with Gasteiger partial charge in [0, 0.05) is 56.0 Å². The van der Waals surface area contributed by atoms with Crippen LogP contribution in [-0.2, 0) is 6.54 Å². The maximum atomic E-state index is 13.7. The lowest BCUT2D eigenvalue weighted by molar-refractivity contribution is -0.384. The van der Waals surface area contributed by atoms with Crippen LogP contribution in [0.2, 0.25) is 0 Å². The van der Waals surface area contributed by atoms with Crippen molar-refractivity contribution in [2.24, 2.45) is 0 Å². The van der Waals surface area contributed by atoms with E-state index >= 15 is 0 Å². The first-order chi connectivity index (χ1) is 18.4. The van der Waals surface area contributed by atoms with Crippen molar-refractivity contribution in [3.8, 4) is 11.3 Å². The second-order valence-corrected chi connectivity index (χ2v) is 10.5. The molecule has 3 aromatic carbocycles. The van der Waals surface area contributed by atoms with Crippen LogP contribution in [0.1, 0.15) is 21.6 Å². The van der Waals surface area contributed by atoms with Gasteiger partial charge in [0.1, 0.15) is 5.82 Å². The summed E-state index contributed by atoms with van der Waals surface area (Å²) in [5, 5.41) is 11.1. The maximum absolute atomic E-state index is 13.7. The average molecular weight is 530 g/mol. The lowest BCUT2D eigenvalue weighted by Gasteiger charge is -2.34. The summed E-state index contributed by atoms with van der Waals surface area (Å²) in [5.41, 5.74) is 5.22. The normalized spacial score (nSPS) is 14.4. The number of hydrogen-bond donors (Lipinski definition) is 0. The van der Waals surface area contributed by atoms with Crippen LogP contribution >= 0.6 is 11.3 Å². The highest BCUT2D eigenvalue weighted by molar-refractivity contribution is 7.23. The first-order valence-corrected chi connectivity index (χ1v) is 13.1. The predicted molar refractivity (Wildman–Crippen MR) is 145 cm³/mol. The Hall–Kier alpha value is -4.15. The quantitative estimate of drug-likeness (QED) is 0.221. The Kier molecular flexibility index (Phi) is 6.13. The lowest BCUT2D eigenvalue weighted by Crippen LogP contribution is -2.48. The number of fused-ring (bicyclic) bond motifs is 3. The van der Waals surface area contributed by atoms with Gasteiger partial charge in [0.15, 0.2) is 4.96 Å². The van der Waals surface area contributed by atoms with E-state index in [0.29, 0.717) is 38.3 Å². The van der Waals surface area contributed by atoms with Crippen LogP contribution in [0.25, 0.3) is 26.4 Å². The molecule has 3 heterocycles. The minimum atomic E-state index is -0.491. The molecule has 38 heavy (non-hydrogen) atoms. The van der Waals surface area contributed by atoms with Gasteiger partial charge in [-0.15, -0.1) is 0 Å². The number of piperazine rings is 1. The molecular formula is C28H24FN5O3S. The fraction of sp³-hybridized carbons (Fsp3) is 0.214. The van der Waals surface area contributed by atoms with Gasteiger partial charge in [0.2, 0.25) is 0 Å². The van der Waals surface area contributed by atoms with Crippen molar-refractivity contribution in [1.82, 2.24) is 19.2 Å². The molecule has 0 aliphatic carbocycles. The summed E-state index contributed by atoms with van der Waals surface area (Å²) in [5.74, 6) is -0.493. The molecule has 0 saturated carbocycles. The third-order valence-electron chi connectivity index (χ3n) is 6.95. The molecule has 6 rings (SSSR count). The van der Waals surface area contributed by atoms with Gasteiger partial charge < -0.3 is 4.90 Å². The number of aromatic nitrogens is 2. The number of hydrogen-bond acceptors (Lipinski definition) is 6. The number of nitro groups is 1.